The quantitative estimate of drug-likeness (QED) is 0.0552. The molecule has 34 heavy (non-hydrogen) atoms. The molecular formula is C18H34N8O8. The van der Waals surface area contributed by atoms with Crippen LogP contribution in [0.15, 0.2) is 4.99 Å². The van der Waals surface area contributed by atoms with Crippen LogP contribution in [0.5, 0.6) is 0 Å². The highest BCUT2D eigenvalue weighted by atomic mass is 16.4. The predicted molar refractivity (Wildman–Crippen MR) is 119 cm³/mol. The number of hydrogen-bond donors (Lipinski definition) is 10. The molecule has 14 N–H and O–H groups in total. The monoisotopic (exact) mass is 490 g/mol. The molecule has 5 atom stereocenters. The zero-order chi connectivity index (χ0) is 26.4. The maximum absolute atomic E-state index is 12.8. The van der Waals surface area contributed by atoms with Gasteiger partial charge in [-0.2, -0.15) is 0 Å². The molecule has 0 aromatic carbocycles. The van der Waals surface area contributed by atoms with Crippen LogP contribution >= 0.6 is 0 Å². The number of aliphatic hydroxyl groups excluding tert-OH is 2. The lowest BCUT2D eigenvalue weighted by Gasteiger charge is -2.26. The Hall–Kier alpha value is -3.50. The first-order chi connectivity index (χ1) is 15.8. The van der Waals surface area contributed by atoms with Gasteiger partial charge >= 0.3 is 5.97 Å². The lowest BCUT2D eigenvalue weighted by molar-refractivity contribution is -0.143. The van der Waals surface area contributed by atoms with Crippen LogP contribution in [0.2, 0.25) is 0 Å². The molecule has 5 unspecified atom stereocenters. The minimum atomic E-state index is -1.61. The van der Waals surface area contributed by atoms with E-state index in [0.717, 1.165) is 0 Å². The summed E-state index contributed by atoms with van der Waals surface area (Å²) in [7, 11) is 0. The third kappa shape index (κ3) is 11.9. The van der Waals surface area contributed by atoms with Gasteiger partial charge in [0.05, 0.1) is 12.7 Å². The van der Waals surface area contributed by atoms with Gasteiger partial charge in [-0.15, -0.1) is 0 Å². The van der Waals surface area contributed by atoms with Crippen molar-refractivity contribution < 1.29 is 39.3 Å². The molecule has 0 radical (unpaired) electrons. The maximum Gasteiger partial charge on any atom is 0.326 e. The number of carboxylic acids is 1. The summed E-state index contributed by atoms with van der Waals surface area (Å²) < 4.78 is 0. The smallest absolute Gasteiger partial charge is 0.326 e. The average Bonchev–Trinajstić information content (AvgIpc) is 2.74. The lowest BCUT2D eigenvalue weighted by Crippen LogP contribution is -2.60. The Kier molecular flexibility index (Phi) is 13.8. The molecule has 0 rings (SSSR count). The summed E-state index contributed by atoms with van der Waals surface area (Å²) in [5.41, 5.74) is 20.9. The average molecular weight is 491 g/mol. The topological polar surface area (TPSA) is 299 Å². The van der Waals surface area contributed by atoms with Crippen molar-refractivity contribution in [3.63, 3.8) is 0 Å². The van der Waals surface area contributed by atoms with Crippen molar-refractivity contribution in [1.82, 2.24) is 16.0 Å². The Labute approximate surface area is 195 Å². The van der Waals surface area contributed by atoms with Crippen LogP contribution in [-0.4, -0.2) is 94.3 Å². The summed E-state index contributed by atoms with van der Waals surface area (Å²) in [5, 5.41) is 34.9. The molecule has 0 saturated carbocycles. The van der Waals surface area contributed by atoms with Crippen LogP contribution in [0.25, 0.3) is 0 Å². The van der Waals surface area contributed by atoms with Gasteiger partial charge in [-0.25, -0.2) is 4.79 Å². The Morgan fingerprint density at radius 1 is 0.912 bits per heavy atom. The Bertz CT molecular complexity index is 756. The van der Waals surface area contributed by atoms with E-state index in [9.17, 15) is 34.2 Å². The van der Waals surface area contributed by atoms with Crippen LogP contribution in [0.1, 0.15) is 32.6 Å². The fourth-order valence-corrected chi connectivity index (χ4v) is 2.60. The van der Waals surface area contributed by atoms with E-state index in [0.29, 0.717) is 0 Å². The number of rotatable bonds is 16. The van der Waals surface area contributed by atoms with Gasteiger partial charge in [0.25, 0.3) is 0 Å². The summed E-state index contributed by atoms with van der Waals surface area (Å²) in [6.45, 7) is 0.612. The number of nitrogens with one attached hydrogen (secondary N) is 3. The van der Waals surface area contributed by atoms with Gasteiger partial charge in [-0.05, 0) is 26.2 Å². The van der Waals surface area contributed by atoms with Crippen molar-refractivity contribution in [2.75, 3.05) is 13.2 Å². The first-order valence-electron chi connectivity index (χ1n) is 10.3. The van der Waals surface area contributed by atoms with Gasteiger partial charge < -0.3 is 54.2 Å². The van der Waals surface area contributed by atoms with Crippen LogP contribution in [0.3, 0.4) is 0 Å². The van der Waals surface area contributed by atoms with E-state index in [2.05, 4.69) is 20.9 Å². The maximum atomic E-state index is 12.8. The van der Waals surface area contributed by atoms with Crippen molar-refractivity contribution >= 4 is 35.6 Å². The highest BCUT2D eigenvalue weighted by molar-refractivity contribution is 5.94. The molecular weight excluding hydrogens is 456 g/mol. The minimum Gasteiger partial charge on any atom is -0.480 e. The number of aliphatic imine (C=N–C) groups is 1. The molecule has 0 aromatic heterocycles. The van der Waals surface area contributed by atoms with E-state index in [1.54, 1.807) is 0 Å². The standard InChI is InChI=1S/C18H34N8O8/c1-8(28)13(16(32)25-11(17(33)34)4-5-12(20)29)26-15(31)10(3-2-6-23-18(21)22)24-14(30)9(19)7-27/h8-11,13,27-28H,2-7,19H2,1H3,(H2,20,29)(H,24,30)(H,25,32)(H,26,31)(H,33,34)(H4,21,22,23). The zero-order valence-electron chi connectivity index (χ0n) is 18.8. The third-order valence-corrected chi connectivity index (χ3v) is 4.47. The third-order valence-electron chi connectivity index (χ3n) is 4.47. The molecule has 0 aromatic rings. The van der Waals surface area contributed by atoms with Crippen LogP contribution in [0.4, 0.5) is 0 Å². The van der Waals surface area contributed by atoms with Gasteiger partial charge in [0.2, 0.25) is 23.6 Å². The van der Waals surface area contributed by atoms with E-state index in [1.165, 1.54) is 6.92 Å². The molecule has 0 spiro atoms. The van der Waals surface area contributed by atoms with E-state index >= 15 is 0 Å². The molecule has 0 saturated heterocycles. The van der Waals surface area contributed by atoms with E-state index < -0.39 is 66.5 Å². The van der Waals surface area contributed by atoms with Crippen molar-refractivity contribution in [1.29, 1.82) is 0 Å². The van der Waals surface area contributed by atoms with Gasteiger partial charge in [-0.3, -0.25) is 24.2 Å². The second-order valence-electron chi connectivity index (χ2n) is 7.43. The van der Waals surface area contributed by atoms with Gasteiger partial charge in [-0.1, -0.05) is 0 Å². The molecule has 0 heterocycles. The molecule has 194 valence electrons. The number of guanidine groups is 1. The number of amides is 4. The van der Waals surface area contributed by atoms with Crippen molar-refractivity contribution in [2.24, 2.45) is 27.9 Å². The van der Waals surface area contributed by atoms with E-state index in [1.807, 2.05) is 0 Å². The SMILES string of the molecule is CC(O)C(NC(=O)C(CCCN=C(N)N)NC(=O)C(N)CO)C(=O)NC(CCC(N)=O)C(=O)O. The van der Waals surface area contributed by atoms with Crippen LogP contribution in [0, 0.1) is 0 Å². The van der Waals surface area contributed by atoms with E-state index in [4.69, 9.17) is 28.0 Å². The number of hydrogen-bond acceptors (Lipinski definition) is 9. The summed E-state index contributed by atoms with van der Waals surface area (Å²) >= 11 is 0. The molecule has 0 aliphatic rings. The number of carbonyl (C=O) groups excluding carboxylic acids is 4. The lowest BCUT2D eigenvalue weighted by atomic mass is 10.1. The fourth-order valence-electron chi connectivity index (χ4n) is 2.60. The zero-order valence-corrected chi connectivity index (χ0v) is 18.8. The van der Waals surface area contributed by atoms with Crippen LogP contribution in [-0.2, 0) is 24.0 Å². The molecule has 0 fully saturated rings. The Morgan fingerprint density at radius 2 is 1.50 bits per heavy atom. The van der Waals surface area contributed by atoms with Gasteiger partial charge in [0.15, 0.2) is 5.96 Å². The number of aliphatic carboxylic acids is 1. The highest BCUT2D eigenvalue weighted by Gasteiger charge is 2.32. The molecule has 16 heteroatoms. The van der Waals surface area contributed by atoms with Crippen LogP contribution < -0.4 is 38.9 Å². The minimum absolute atomic E-state index is 0.00296. The molecule has 16 nitrogen and oxygen atoms in total. The van der Waals surface area contributed by atoms with Gasteiger partial charge in [0, 0.05) is 13.0 Å². The number of primary amides is 1. The Morgan fingerprint density at radius 3 is 1.97 bits per heavy atom. The summed E-state index contributed by atoms with van der Waals surface area (Å²) in [6.07, 6.45) is -1.87. The van der Waals surface area contributed by atoms with Gasteiger partial charge in [0.1, 0.15) is 24.2 Å². The summed E-state index contributed by atoms with van der Waals surface area (Å²) in [4.78, 5) is 63.4. The number of carboxylic acid groups (broad SMARTS) is 1. The second-order valence-corrected chi connectivity index (χ2v) is 7.43. The number of aliphatic hydroxyl groups is 2. The second kappa shape index (κ2) is 15.4. The largest absolute Gasteiger partial charge is 0.480 e. The number of nitrogens with zero attached hydrogens (tertiary/aromatic N) is 1. The fraction of sp³-hybridized carbons (Fsp3) is 0.667. The highest BCUT2D eigenvalue weighted by Crippen LogP contribution is 2.04. The van der Waals surface area contributed by atoms with Crippen molar-refractivity contribution in [3.8, 4) is 0 Å². The molecule has 0 aliphatic carbocycles. The predicted octanol–water partition coefficient (Wildman–Crippen LogP) is -5.46. The number of carbonyl (C=O) groups is 5. The molecule has 0 bridgehead atoms. The first-order valence-corrected chi connectivity index (χ1v) is 10.3. The van der Waals surface area contributed by atoms with E-state index in [-0.39, 0.29) is 38.2 Å². The Balaban J connectivity index is 5.45. The first kappa shape index (κ1) is 30.5. The molecule has 4 amide bonds. The summed E-state index contributed by atoms with van der Waals surface area (Å²) in [6, 6.07) is -5.67. The number of nitrogens with two attached hydrogens (primary N) is 4. The normalized spacial score (nSPS) is 15.1. The van der Waals surface area contributed by atoms with Crippen molar-refractivity contribution in [3.05, 3.63) is 0 Å². The summed E-state index contributed by atoms with van der Waals surface area (Å²) in [5.74, 6) is -5.19. The van der Waals surface area contributed by atoms with Crippen molar-refractivity contribution in [2.45, 2.75) is 62.9 Å². The molecule has 0 aliphatic heterocycles.